The quantitative estimate of drug-likeness (QED) is 0.522. The maximum atomic E-state index is 10.4. The maximum absolute atomic E-state index is 10.4. The first-order valence-corrected chi connectivity index (χ1v) is 2.87. The van der Waals surface area contributed by atoms with Gasteiger partial charge in [-0.25, -0.2) is 0 Å². The van der Waals surface area contributed by atoms with Crippen LogP contribution in [0.15, 0.2) is 22.0 Å². The second-order valence-electron chi connectivity index (χ2n) is 2.26. The van der Waals surface area contributed by atoms with Gasteiger partial charge < -0.3 is 0 Å². The van der Waals surface area contributed by atoms with Crippen LogP contribution in [0.2, 0.25) is 0 Å². The van der Waals surface area contributed by atoms with Crippen molar-refractivity contribution in [3.63, 3.8) is 0 Å². The number of carbonyl (C=O) groups excluding carboxylic acids is 1. The summed E-state index contributed by atoms with van der Waals surface area (Å²) in [6, 6.07) is 0. The van der Waals surface area contributed by atoms with E-state index in [9.17, 15) is 4.79 Å². The van der Waals surface area contributed by atoms with Crippen LogP contribution in [0.1, 0.15) is 13.8 Å². The van der Waals surface area contributed by atoms with Crippen molar-refractivity contribution in [2.24, 2.45) is 16.1 Å². The summed E-state index contributed by atoms with van der Waals surface area (Å²) < 4.78 is 0. The summed E-state index contributed by atoms with van der Waals surface area (Å²) in [6.07, 6.45) is 1.46. The zero-order valence-electron chi connectivity index (χ0n) is 5.46. The number of hydrogen-bond acceptors (Lipinski definition) is 2. The minimum absolute atomic E-state index is 0.237. The number of nitrogens with zero attached hydrogens (tertiary/aromatic N) is 2. The summed E-state index contributed by atoms with van der Waals surface area (Å²) in [5.41, 5.74) is 0.778. The average molecular weight is 124 g/mol. The lowest BCUT2D eigenvalue weighted by Crippen LogP contribution is -1.87. The third-order valence-electron chi connectivity index (χ3n) is 1.13. The van der Waals surface area contributed by atoms with E-state index in [0.717, 1.165) is 5.70 Å². The molecule has 1 heterocycles. The molecule has 1 rings (SSSR count). The Labute approximate surface area is 53.5 Å². The Morgan fingerprint density at radius 3 is 2.33 bits per heavy atom. The number of allylic oxidation sites excluding steroid dienone is 1. The molecule has 0 spiro atoms. The Kier molecular flexibility index (Phi) is 1.42. The van der Waals surface area contributed by atoms with Crippen LogP contribution < -0.4 is 0 Å². The van der Waals surface area contributed by atoms with Gasteiger partial charge in [0.25, 0.3) is 5.91 Å². The molecule has 1 aliphatic heterocycles. The fourth-order valence-electron chi connectivity index (χ4n) is 0.573. The molecule has 0 aromatic rings. The van der Waals surface area contributed by atoms with E-state index in [-0.39, 0.29) is 5.91 Å². The van der Waals surface area contributed by atoms with Crippen LogP contribution in [0.3, 0.4) is 0 Å². The van der Waals surface area contributed by atoms with Gasteiger partial charge in [-0.15, -0.1) is 5.11 Å². The second-order valence-corrected chi connectivity index (χ2v) is 2.26. The molecule has 48 valence electrons. The summed E-state index contributed by atoms with van der Waals surface area (Å²) in [7, 11) is 0. The van der Waals surface area contributed by atoms with Crippen molar-refractivity contribution >= 4 is 5.91 Å². The van der Waals surface area contributed by atoms with Crippen molar-refractivity contribution in [3.8, 4) is 0 Å². The van der Waals surface area contributed by atoms with E-state index in [4.69, 9.17) is 0 Å². The maximum Gasteiger partial charge on any atom is 0.290 e. The molecule has 0 saturated heterocycles. The lowest BCUT2D eigenvalue weighted by molar-refractivity contribution is -0.113. The van der Waals surface area contributed by atoms with Crippen molar-refractivity contribution in [1.82, 2.24) is 0 Å². The summed E-state index contributed by atoms with van der Waals surface area (Å²) in [5, 5.41) is 6.99. The van der Waals surface area contributed by atoms with Gasteiger partial charge in [0, 0.05) is 6.08 Å². The van der Waals surface area contributed by atoms with Gasteiger partial charge in [-0.3, -0.25) is 4.79 Å². The van der Waals surface area contributed by atoms with Crippen LogP contribution in [0.5, 0.6) is 0 Å². The van der Waals surface area contributed by atoms with E-state index < -0.39 is 0 Å². The molecule has 9 heavy (non-hydrogen) atoms. The highest BCUT2D eigenvalue weighted by Crippen LogP contribution is 2.15. The minimum Gasteiger partial charge on any atom is -0.266 e. The van der Waals surface area contributed by atoms with Gasteiger partial charge >= 0.3 is 0 Å². The van der Waals surface area contributed by atoms with Gasteiger partial charge in [0.1, 0.15) is 0 Å². The summed E-state index contributed by atoms with van der Waals surface area (Å²) in [5.74, 6) is 0.0684. The molecule has 3 nitrogen and oxygen atoms in total. The molecule has 0 radical (unpaired) electrons. The van der Waals surface area contributed by atoms with Crippen LogP contribution in [0.25, 0.3) is 0 Å². The number of hydrogen-bond donors (Lipinski definition) is 0. The van der Waals surface area contributed by atoms with Crippen molar-refractivity contribution in [3.05, 3.63) is 11.8 Å². The molecule has 0 unspecified atom stereocenters. The number of carbonyl (C=O) groups is 1. The highest BCUT2D eigenvalue weighted by atomic mass is 16.1. The molecule has 0 N–H and O–H groups in total. The molecule has 1 aliphatic rings. The second kappa shape index (κ2) is 2.09. The molecule has 3 heteroatoms. The van der Waals surface area contributed by atoms with E-state index in [2.05, 4.69) is 10.2 Å². The first kappa shape index (κ1) is 6.13. The molecule has 0 saturated carbocycles. The number of azo groups is 1. The molecule has 0 aromatic carbocycles. The van der Waals surface area contributed by atoms with E-state index in [1.165, 1.54) is 6.08 Å². The first-order valence-electron chi connectivity index (χ1n) is 2.87. The van der Waals surface area contributed by atoms with Crippen LogP contribution in [-0.2, 0) is 4.79 Å². The highest BCUT2D eigenvalue weighted by Gasteiger charge is 2.10. The van der Waals surface area contributed by atoms with Gasteiger partial charge in [-0.2, -0.15) is 5.11 Å². The van der Waals surface area contributed by atoms with Crippen LogP contribution >= 0.6 is 0 Å². The van der Waals surface area contributed by atoms with Crippen molar-refractivity contribution < 1.29 is 4.79 Å². The molecular weight excluding hydrogens is 116 g/mol. The predicted molar refractivity (Wildman–Crippen MR) is 32.8 cm³/mol. The minimum atomic E-state index is -0.237. The zero-order chi connectivity index (χ0) is 6.85. The zero-order valence-corrected chi connectivity index (χ0v) is 5.46. The smallest absolute Gasteiger partial charge is 0.266 e. The monoisotopic (exact) mass is 124 g/mol. The molecule has 0 bridgehead atoms. The molecule has 0 fully saturated rings. The Bertz CT molecular complexity index is 191. The normalized spacial score (nSPS) is 17.2. The standard InChI is InChI=1S/C6H8N2O/c1-4(2)5-3-6(9)8-7-5/h3-4H,1-2H3. The van der Waals surface area contributed by atoms with Crippen LogP contribution in [0, 0.1) is 5.92 Å². The van der Waals surface area contributed by atoms with Gasteiger partial charge in [0.15, 0.2) is 0 Å². The van der Waals surface area contributed by atoms with Gasteiger partial charge in [-0.05, 0) is 5.92 Å². The van der Waals surface area contributed by atoms with Crippen LogP contribution in [0.4, 0.5) is 0 Å². The average Bonchev–Trinajstić information content (AvgIpc) is 2.14. The molecular formula is C6H8N2O. The van der Waals surface area contributed by atoms with Gasteiger partial charge in [0.05, 0.1) is 5.70 Å². The fourth-order valence-corrected chi connectivity index (χ4v) is 0.573. The molecule has 0 atom stereocenters. The van der Waals surface area contributed by atoms with Gasteiger partial charge in [0.2, 0.25) is 0 Å². The Hall–Kier alpha value is -0.990. The van der Waals surface area contributed by atoms with Crippen LogP contribution in [-0.4, -0.2) is 5.91 Å². The Morgan fingerprint density at radius 1 is 1.44 bits per heavy atom. The third kappa shape index (κ3) is 1.22. The van der Waals surface area contributed by atoms with E-state index in [1.54, 1.807) is 0 Å². The molecule has 1 amide bonds. The fraction of sp³-hybridized carbons (Fsp3) is 0.500. The van der Waals surface area contributed by atoms with E-state index >= 15 is 0 Å². The largest absolute Gasteiger partial charge is 0.290 e. The van der Waals surface area contributed by atoms with E-state index in [1.807, 2.05) is 13.8 Å². The Balaban J connectivity index is 2.75. The lowest BCUT2D eigenvalue weighted by Gasteiger charge is -1.96. The highest BCUT2D eigenvalue weighted by molar-refractivity contribution is 5.90. The predicted octanol–water partition coefficient (Wildman–Crippen LogP) is 1.52. The molecule has 0 aliphatic carbocycles. The molecule has 0 aromatic heterocycles. The Morgan fingerprint density at radius 2 is 2.11 bits per heavy atom. The third-order valence-corrected chi connectivity index (χ3v) is 1.13. The summed E-state index contributed by atoms with van der Waals surface area (Å²) in [6.45, 7) is 3.95. The topological polar surface area (TPSA) is 41.8 Å². The summed E-state index contributed by atoms with van der Waals surface area (Å²) in [4.78, 5) is 10.4. The summed E-state index contributed by atoms with van der Waals surface area (Å²) >= 11 is 0. The van der Waals surface area contributed by atoms with Gasteiger partial charge in [-0.1, -0.05) is 13.8 Å². The SMILES string of the molecule is CC(C)C1=CC(=O)N=N1. The van der Waals surface area contributed by atoms with E-state index in [0.29, 0.717) is 5.92 Å². The number of rotatable bonds is 1. The first-order chi connectivity index (χ1) is 4.20. The lowest BCUT2D eigenvalue weighted by atomic mass is 10.1. The van der Waals surface area contributed by atoms with Crippen molar-refractivity contribution in [2.45, 2.75) is 13.8 Å². The number of amides is 1. The van der Waals surface area contributed by atoms with Crippen molar-refractivity contribution in [1.29, 1.82) is 0 Å². The van der Waals surface area contributed by atoms with Crippen molar-refractivity contribution in [2.75, 3.05) is 0 Å².